The molecule has 72 valence electrons. The van der Waals surface area contributed by atoms with Crippen LogP contribution in [0.2, 0.25) is 0 Å². The number of hydrogen-bond acceptors (Lipinski definition) is 2. The topological polar surface area (TPSA) is 43.8 Å². The SMILES string of the molecule is Cn1cc2c(n1)CC(CCN)CC2. The number of fused-ring (bicyclic) bond motifs is 1. The standard InChI is InChI=1S/C10H17N3/c1-13-7-9-3-2-8(4-5-11)6-10(9)12-13/h7-8H,2-6,11H2,1H3. The molecular weight excluding hydrogens is 162 g/mol. The van der Waals surface area contributed by atoms with E-state index in [-0.39, 0.29) is 0 Å². The third kappa shape index (κ3) is 1.75. The predicted octanol–water partition coefficient (Wildman–Crippen LogP) is 0.874. The summed E-state index contributed by atoms with van der Waals surface area (Å²) in [5.74, 6) is 0.771. The molecule has 0 radical (unpaired) electrons. The van der Waals surface area contributed by atoms with E-state index in [4.69, 9.17) is 5.73 Å². The van der Waals surface area contributed by atoms with Gasteiger partial charge in [0.15, 0.2) is 0 Å². The summed E-state index contributed by atoms with van der Waals surface area (Å²) >= 11 is 0. The number of nitrogens with zero attached hydrogens (tertiary/aromatic N) is 2. The minimum Gasteiger partial charge on any atom is -0.330 e. The Morgan fingerprint density at radius 2 is 2.54 bits per heavy atom. The number of aromatic nitrogens is 2. The molecule has 0 saturated carbocycles. The van der Waals surface area contributed by atoms with Crippen molar-refractivity contribution in [1.29, 1.82) is 0 Å². The van der Waals surface area contributed by atoms with E-state index in [2.05, 4.69) is 11.3 Å². The summed E-state index contributed by atoms with van der Waals surface area (Å²) in [5, 5.41) is 4.46. The van der Waals surface area contributed by atoms with Gasteiger partial charge in [-0.25, -0.2) is 0 Å². The summed E-state index contributed by atoms with van der Waals surface area (Å²) in [6.07, 6.45) is 6.90. The summed E-state index contributed by atoms with van der Waals surface area (Å²) in [7, 11) is 2.00. The van der Waals surface area contributed by atoms with Crippen molar-refractivity contribution in [3.63, 3.8) is 0 Å². The van der Waals surface area contributed by atoms with Gasteiger partial charge in [-0.3, -0.25) is 4.68 Å². The Morgan fingerprint density at radius 1 is 1.69 bits per heavy atom. The van der Waals surface area contributed by atoms with Crippen LogP contribution in [0.15, 0.2) is 6.20 Å². The monoisotopic (exact) mass is 179 g/mol. The lowest BCUT2D eigenvalue weighted by molar-refractivity contribution is 0.428. The van der Waals surface area contributed by atoms with Gasteiger partial charge in [0.25, 0.3) is 0 Å². The molecule has 1 aromatic rings. The first-order valence-electron chi connectivity index (χ1n) is 5.01. The molecule has 0 aliphatic heterocycles. The van der Waals surface area contributed by atoms with E-state index in [1.54, 1.807) is 0 Å². The fourth-order valence-corrected chi connectivity index (χ4v) is 2.18. The maximum Gasteiger partial charge on any atom is 0.0659 e. The van der Waals surface area contributed by atoms with Crippen molar-refractivity contribution < 1.29 is 0 Å². The summed E-state index contributed by atoms with van der Waals surface area (Å²) in [4.78, 5) is 0. The lowest BCUT2D eigenvalue weighted by Crippen LogP contribution is -2.17. The Hall–Kier alpha value is -0.830. The molecule has 0 aromatic carbocycles. The molecule has 1 aliphatic carbocycles. The van der Waals surface area contributed by atoms with Crippen LogP contribution in [-0.4, -0.2) is 16.3 Å². The van der Waals surface area contributed by atoms with Crippen LogP contribution in [0.5, 0.6) is 0 Å². The molecule has 0 spiro atoms. The molecule has 2 rings (SSSR count). The molecule has 3 nitrogen and oxygen atoms in total. The van der Waals surface area contributed by atoms with Gasteiger partial charge in [-0.15, -0.1) is 0 Å². The van der Waals surface area contributed by atoms with Crippen LogP contribution in [0.3, 0.4) is 0 Å². The van der Waals surface area contributed by atoms with Gasteiger partial charge in [0, 0.05) is 13.2 Å². The van der Waals surface area contributed by atoms with Gasteiger partial charge < -0.3 is 5.73 Å². The summed E-state index contributed by atoms with van der Waals surface area (Å²) < 4.78 is 1.93. The minimum absolute atomic E-state index is 0.771. The van der Waals surface area contributed by atoms with Crippen LogP contribution in [0.4, 0.5) is 0 Å². The van der Waals surface area contributed by atoms with E-state index in [1.165, 1.54) is 24.1 Å². The van der Waals surface area contributed by atoms with Crippen LogP contribution >= 0.6 is 0 Å². The first-order valence-corrected chi connectivity index (χ1v) is 5.01. The third-order valence-electron chi connectivity index (χ3n) is 2.87. The summed E-state index contributed by atoms with van der Waals surface area (Å²) in [6.45, 7) is 0.812. The van der Waals surface area contributed by atoms with Crippen molar-refractivity contribution in [2.24, 2.45) is 18.7 Å². The van der Waals surface area contributed by atoms with E-state index in [0.717, 1.165) is 25.3 Å². The molecule has 1 aromatic heterocycles. The minimum atomic E-state index is 0.771. The highest BCUT2D eigenvalue weighted by Gasteiger charge is 2.20. The Kier molecular flexibility index (Phi) is 2.36. The molecule has 1 unspecified atom stereocenters. The second-order valence-corrected chi connectivity index (χ2v) is 3.96. The van der Waals surface area contributed by atoms with Crippen molar-refractivity contribution in [3.8, 4) is 0 Å². The first kappa shape index (κ1) is 8.75. The van der Waals surface area contributed by atoms with Gasteiger partial charge in [0.2, 0.25) is 0 Å². The molecule has 1 heterocycles. The number of aryl methyl sites for hydroxylation is 2. The van der Waals surface area contributed by atoms with Gasteiger partial charge in [-0.05, 0) is 43.7 Å². The highest BCUT2D eigenvalue weighted by Crippen LogP contribution is 2.25. The molecule has 3 heteroatoms. The molecule has 0 bridgehead atoms. The molecule has 13 heavy (non-hydrogen) atoms. The van der Waals surface area contributed by atoms with Gasteiger partial charge in [0.1, 0.15) is 0 Å². The second kappa shape index (κ2) is 3.50. The molecule has 1 atom stereocenters. The molecule has 2 N–H and O–H groups in total. The predicted molar refractivity (Wildman–Crippen MR) is 52.4 cm³/mol. The molecule has 0 amide bonds. The van der Waals surface area contributed by atoms with E-state index in [0.29, 0.717) is 0 Å². The largest absolute Gasteiger partial charge is 0.330 e. The van der Waals surface area contributed by atoms with Crippen LogP contribution in [0.1, 0.15) is 24.1 Å². The van der Waals surface area contributed by atoms with Gasteiger partial charge in [0.05, 0.1) is 5.69 Å². The van der Waals surface area contributed by atoms with Crippen molar-refractivity contribution in [2.75, 3.05) is 6.54 Å². The first-order chi connectivity index (χ1) is 6.29. The zero-order valence-electron chi connectivity index (χ0n) is 8.16. The quantitative estimate of drug-likeness (QED) is 0.732. The van der Waals surface area contributed by atoms with Crippen LogP contribution in [0, 0.1) is 5.92 Å². The lowest BCUT2D eigenvalue weighted by Gasteiger charge is -2.19. The second-order valence-electron chi connectivity index (χ2n) is 3.96. The Labute approximate surface area is 78.9 Å². The summed E-state index contributed by atoms with van der Waals surface area (Å²) in [6, 6.07) is 0. The van der Waals surface area contributed by atoms with Crippen molar-refractivity contribution in [3.05, 3.63) is 17.5 Å². The van der Waals surface area contributed by atoms with Crippen LogP contribution in [0.25, 0.3) is 0 Å². The fraction of sp³-hybridized carbons (Fsp3) is 0.700. The Bertz CT molecular complexity index is 290. The van der Waals surface area contributed by atoms with Gasteiger partial charge >= 0.3 is 0 Å². The average Bonchev–Trinajstić information content (AvgIpc) is 2.44. The lowest BCUT2D eigenvalue weighted by atomic mass is 9.86. The van der Waals surface area contributed by atoms with E-state index in [9.17, 15) is 0 Å². The maximum absolute atomic E-state index is 5.56. The molecule has 0 saturated heterocycles. The Morgan fingerprint density at radius 3 is 3.31 bits per heavy atom. The zero-order valence-corrected chi connectivity index (χ0v) is 8.16. The van der Waals surface area contributed by atoms with Crippen molar-refractivity contribution in [1.82, 2.24) is 9.78 Å². The number of hydrogen-bond donors (Lipinski definition) is 1. The maximum atomic E-state index is 5.56. The highest BCUT2D eigenvalue weighted by molar-refractivity contribution is 5.20. The molecular formula is C10H17N3. The molecule has 0 fully saturated rings. The zero-order chi connectivity index (χ0) is 9.26. The van der Waals surface area contributed by atoms with Crippen LogP contribution in [-0.2, 0) is 19.9 Å². The van der Waals surface area contributed by atoms with Crippen molar-refractivity contribution in [2.45, 2.75) is 25.7 Å². The Balaban J connectivity index is 2.10. The van der Waals surface area contributed by atoms with Gasteiger partial charge in [-0.1, -0.05) is 0 Å². The number of nitrogens with two attached hydrogens (primary N) is 1. The summed E-state index contributed by atoms with van der Waals surface area (Å²) in [5.41, 5.74) is 8.30. The fourth-order valence-electron chi connectivity index (χ4n) is 2.18. The van der Waals surface area contributed by atoms with E-state index in [1.807, 2.05) is 11.7 Å². The van der Waals surface area contributed by atoms with Crippen LogP contribution < -0.4 is 5.73 Å². The normalized spacial score (nSPS) is 21.5. The van der Waals surface area contributed by atoms with E-state index >= 15 is 0 Å². The average molecular weight is 179 g/mol. The highest BCUT2D eigenvalue weighted by atomic mass is 15.3. The van der Waals surface area contributed by atoms with E-state index < -0.39 is 0 Å². The van der Waals surface area contributed by atoms with Crippen molar-refractivity contribution >= 4 is 0 Å². The smallest absolute Gasteiger partial charge is 0.0659 e. The third-order valence-corrected chi connectivity index (χ3v) is 2.87. The molecule has 1 aliphatic rings. The van der Waals surface area contributed by atoms with Gasteiger partial charge in [-0.2, -0.15) is 5.10 Å². The number of rotatable bonds is 2.